The molecule has 1 rings (SSSR count). The topological polar surface area (TPSA) is 37.3 Å². The maximum atomic E-state index is 11.4. The summed E-state index contributed by atoms with van der Waals surface area (Å²) in [6.07, 6.45) is 1.22. The fourth-order valence-corrected chi connectivity index (χ4v) is 2.54. The Hall–Kier alpha value is -0.540. The molecule has 0 saturated heterocycles. The van der Waals surface area contributed by atoms with Crippen LogP contribution in [0.25, 0.3) is 0 Å². The number of carbonyl (C=O) groups is 1. The highest BCUT2D eigenvalue weighted by Gasteiger charge is 2.35. The molecular formula is C12H14BrClO2. The number of hydrogen-bond acceptors (Lipinski definition) is 1. The van der Waals surface area contributed by atoms with Crippen LogP contribution < -0.4 is 0 Å². The third-order valence-corrected chi connectivity index (χ3v) is 3.71. The van der Waals surface area contributed by atoms with Crippen molar-refractivity contribution in [3.8, 4) is 0 Å². The van der Waals surface area contributed by atoms with E-state index in [0.717, 1.165) is 10.0 Å². The summed E-state index contributed by atoms with van der Waals surface area (Å²) >= 11 is 9.03. The van der Waals surface area contributed by atoms with E-state index >= 15 is 0 Å². The predicted molar refractivity (Wildman–Crippen MR) is 69.1 cm³/mol. The zero-order chi connectivity index (χ0) is 12.2. The molecule has 16 heavy (non-hydrogen) atoms. The fourth-order valence-electron chi connectivity index (χ4n) is 1.69. The Labute approximate surface area is 109 Å². The van der Waals surface area contributed by atoms with Crippen LogP contribution in [0.15, 0.2) is 28.7 Å². The number of hydrogen-bond donors (Lipinski definition) is 1. The SMILES string of the molecule is CC(CCCCl)(C(=O)O)c1ccccc1Br. The minimum atomic E-state index is -0.880. The molecule has 0 radical (unpaired) electrons. The first-order valence-corrected chi connectivity index (χ1v) is 6.39. The van der Waals surface area contributed by atoms with E-state index in [9.17, 15) is 9.90 Å². The molecule has 0 aliphatic heterocycles. The number of aliphatic carboxylic acids is 1. The summed E-state index contributed by atoms with van der Waals surface area (Å²) in [5.41, 5.74) is -0.0813. The molecule has 0 aromatic heterocycles. The lowest BCUT2D eigenvalue weighted by Crippen LogP contribution is -2.32. The van der Waals surface area contributed by atoms with Crippen LogP contribution in [-0.4, -0.2) is 17.0 Å². The van der Waals surface area contributed by atoms with Gasteiger partial charge in [0.15, 0.2) is 0 Å². The van der Waals surface area contributed by atoms with Crippen LogP contribution in [0.1, 0.15) is 25.3 Å². The number of benzene rings is 1. The molecule has 1 aromatic rings. The Balaban J connectivity index is 3.11. The number of rotatable bonds is 5. The van der Waals surface area contributed by atoms with E-state index in [1.807, 2.05) is 24.3 Å². The zero-order valence-electron chi connectivity index (χ0n) is 9.04. The summed E-state index contributed by atoms with van der Waals surface area (Å²) < 4.78 is 0.828. The first kappa shape index (κ1) is 13.5. The lowest BCUT2D eigenvalue weighted by molar-refractivity contribution is -0.143. The van der Waals surface area contributed by atoms with Gasteiger partial charge in [0.05, 0.1) is 5.41 Å². The molecule has 0 heterocycles. The van der Waals surface area contributed by atoms with Crippen LogP contribution in [0.2, 0.25) is 0 Å². The van der Waals surface area contributed by atoms with Crippen molar-refractivity contribution in [2.24, 2.45) is 0 Å². The first-order chi connectivity index (χ1) is 7.52. The van der Waals surface area contributed by atoms with Gasteiger partial charge < -0.3 is 5.11 Å². The maximum absolute atomic E-state index is 11.4. The minimum Gasteiger partial charge on any atom is -0.481 e. The van der Waals surface area contributed by atoms with Crippen molar-refractivity contribution in [2.45, 2.75) is 25.2 Å². The summed E-state index contributed by atoms with van der Waals surface area (Å²) in [5.74, 6) is -0.336. The Bertz CT molecular complexity index is 381. The molecule has 0 amide bonds. The summed E-state index contributed by atoms with van der Waals surface area (Å²) in [6.45, 7) is 1.74. The molecule has 0 saturated carbocycles. The lowest BCUT2D eigenvalue weighted by atomic mass is 9.79. The van der Waals surface area contributed by atoms with Crippen molar-refractivity contribution in [3.63, 3.8) is 0 Å². The van der Waals surface area contributed by atoms with Gasteiger partial charge >= 0.3 is 5.97 Å². The van der Waals surface area contributed by atoms with Gasteiger partial charge in [-0.05, 0) is 31.4 Å². The normalized spacial score (nSPS) is 14.4. The van der Waals surface area contributed by atoms with Crippen molar-refractivity contribution in [1.29, 1.82) is 0 Å². The smallest absolute Gasteiger partial charge is 0.313 e. The molecule has 0 aliphatic carbocycles. The second-order valence-electron chi connectivity index (χ2n) is 3.91. The molecule has 0 aliphatic rings. The third-order valence-electron chi connectivity index (χ3n) is 2.75. The number of carboxylic acid groups (broad SMARTS) is 1. The van der Waals surface area contributed by atoms with Gasteiger partial charge in [-0.2, -0.15) is 0 Å². The second-order valence-corrected chi connectivity index (χ2v) is 5.14. The first-order valence-electron chi connectivity index (χ1n) is 5.06. The zero-order valence-corrected chi connectivity index (χ0v) is 11.4. The Morgan fingerprint density at radius 2 is 2.12 bits per heavy atom. The van der Waals surface area contributed by atoms with Crippen molar-refractivity contribution >= 4 is 33.5 Å². The van der Waals surface area contributed by atoms with Crippen molar-refractivity contribution < 1.29 is 9.90 Å². The van der Waals surface area contributed by atoms with E-state index in [0.29, 0.717) is 18.7 Å². The summed E-state index contributed by atoms with van der Waals surface area (Å²) in [4.78, 5) is 11.4. The lowest BCUT2D eigenvalue weighted by Gasteiger charge is -2.26. The van der Waals surface area contributed by atoms with Gasteiger partial charge in [0.1, 0.15) is 0 Å². The highest BCUT2D eigenvalue weighted by atomic mass is 79.9. The quantitative estimate of drug-likeness (QED) is 0.840. The number of halogens is 2. The second kappa shape index (κ2) is 5.69. The van der Waals surface area contributed by atoms with Crippen molar-refractivity contribution in [3.05, 3.63) is 34.3 Å². The molecule has 0 bridgehead atoms. The van der Waals surface area contributed by atoms with E-state index in [-0.39, 0.29) is 0 Å². The number of carboxylic acids is 1. The largest absolute Gasteiger partial charge is 0.481 e. The van der Waals surface area contributed by atoms with Gasteiger partial charge in [-0.25, -0.2) is 0 Å². The summed E-state index contributed by atoms with van der Waals surface area (Å²) in [5, 5.41) is 9.37. The Morgan fingerprint density at radius 3 is 2.62 bits per heavy atom. The molecule has 1 atom stereocenters. The van der Waals surface area contributed by atoms with Crippen LogP contribution in [0, 0.1) is 0 Å². The molecule has 2 nitrogen and oxygen atoms in total. The molecule has 88 valence electrons. The van der Waals surface area contributed by atoms with Crippen molar-refractivity contribution in [1.82, 2.24) is 0 Å². The average Bonchev–Trinajstić information content (AvgIpc) is 2.26. The average molecular weight is 306 g/mol. The Morgan fingerprint density at radius 1 is 1.50 bits per heavy atom. The van der Waals surface area contributed by atoms with E-state index in [1.165, 1.54) is 0 Å². The van der Waals surface area contributed by atoms with Gasteiger partial charge in [0.25, 0.3) is 0 Å². The van der Waals surface area contributed by atoms with E-state index in [2.05, 4.69) is 15.9 Å². The van der Waals surface area contributed by atoms with E-state index in [1.54, 1.807) is 6.92 Å². The fraction of sp³-hybridized carbons (Fsp3) is 0.417. The van der Waals surface area contributed by atoms with Crippen LogP contribution in [-0.2, 0) is 10.2 Å². The molecular weight excluding hydrogens is 291 g/mol. The van der Waals surface area contributed by atoms with E-state index < -0.39 is 11.4 Å². The van der Waals surface area contributed by atoms with Gasteiger partial charge in [-0.15, -0.1) is 11.6 Å². The van der Waals surface area contributed by atoms with Crippen LogP contribution in [0.5, 0.6) is 0 Å². The van der Waals surface area contributed by atoms with Crippen molar-refractivity contribution in [2.75, 3.05) is 5.88 Å². The maximum Gasteiger partial charge on any atom is 0.313 e. The third kappa shape index (κ3) is 2.77. The Kier molecular flexibility index (Phi) is 4.81. The van der Waals surface area contributed by atoms with Crippen LogP contribution >= 0.6 is 27.5 Å². The molecule has 0 spiro atoms. The highest BCUT2D eigenvalue weighted by Crippen LogP contribution is 2.34. The summed E-state index contributed by atoms with van der Waals surface area (Å²) in [6, 6.07) is 7.42. The molecule has 1 unspecified atom stereocenters. The minimum absolute atomic E-state index is 0.479. The van der Waals surface area contributed by atoms with Gasteiger partial charge in [0.2, 0.25) is 0 Å². The van der Waals surface area contributed by atoms with Gasteiger partial charge in [-0.1, -0.05) is 34.1 Å². The van der Waals surface area contributed by atoms with Crippen LogP contribution in [0.3, 0.4) is 0 Å². The molecule has 1 aromatic carbocycles. The predicted octanol–water partition coefficient (Wildman–Crippen LogP) is 3.81. The molecule has 1 N–H and O–H groups in total. The van der Waals surface area contributed by atoms with E-state index in [4.69, 9.17) is 11.6 Å². The molecule has 4 heteroatoms. The monoisotopic (exact) mass is 304 g/mol. The van der Waals surface area contributed by atoms with Gasteiger partial charge in [-0.3, -0.25) is 4.79 Å². The molecule has 0 fully saturated rings. The standard InChI is InChI=1S/C12H14BrClO2/c1-12(11(15)16,7-4-8-14)9-5-2-3-6-10(9)13/h2-3,5-6H,4,7-8H2,1H3,(H,15,16). The number of alkyl halides is 1. The highest BCUT2D eigenvalue weighted by molar-refractivity contribution is 9.10. The summed E-state index contributed by atoms with van der Waals surface area (Å²) in [7, 11) is 0. The van der Waals surface area contributed by atoms with Gasteiger partial charge in [0, 0.05) is 10.4 Å². The van der Waals surface area contributed by atoms with Crippen LogP contribution in [0.4, 0.5) is 0 Å².